The van der Waals surface area contributed by atoms with Crippen LogP contribution in [0.4, 0.5) is 5.69 Å². The van der Waals surface area contributed by atoms with Crippen molar-refractivity contribution in [2.75, 3.05) is 19.0 Å². The van der Waals surface area contributed by atoms with Crippen molar-refractivity contribution in [1.82, 2.24) is 5.43 Å². The number of amides is 1. The molecular weight excluding hydrogens is 330 g/mol. The lowest BCUT2D eigenvalue weighted by Crippen LogP contribution is -2.36. The topological polar surface area (TPSA) is 72.0 Å². The summed E-state index contributed by atoms with van der Waals surface area (Å²) in [6, 6.07) is 14.6. The summed E-state index contributed by atoms with van der Waals surface area (Å²) in [6.45, 7) is 4.51. The van der Waals surface area contributed by atoms with Crippen LogP contribution in [0.15, 0.2) is 53.6 Å². The van der Waals surface area contributed by atoms with E-state index in [0.717, 1.165) is 22.7 Å². The van der Waals surface area contributed by atoms with Crippen molar-refractivity contribution in [1.29, 1.82) is 0 Å². The highest BCUT2D eigenvalue weighted by Crippen LogP contribution is 2.16. The third kappa shape index (κ3) is 5.81. The second-order valence-electron chi connectivity index (χ2n) is 5.57. The fourth-order valence-electron chi connectivity index (χ4n) is 2.31. The number of carbonyl (C=O) groups is 1. The minimum Gasteiger partial charge on any atom is -0.497 e. The lowest BCUT2D eigenvalue weighted by Gasteiger charge is -2.16. The number of hydrogen-bond acceptors (Lipinski definition) is 5. The average molecular weight is 355 g/mol. The van der Waals surface area contributed by atoms with Gasteiger partial charge in [0, 0.05) is 5.69 Å². The predicted octanol–water partition coefficient (Wildman–Crippen LogP) is 3.43. The third-order valence-corrected chi connectivity index (χ3v) is 3.74. The fourth-order valence-corrected chi connectivity index (χ4v) is 2.31. The zero-order chi connectivity index (χ0) is 18.8. The van der Waals surface area contributed by atoms with Gasteiger partial charge in [-0.1, -0.05) is 6.92 Å². The molecule has 0 heterocycles. The summed E-state index contributed by atoms with van der Waals surface area (Å²) < 4.78 is 10.5. The molecule has 0 aromatic heterocycles. The van der Waals surface area contributed by atoms with Gasteiger partial charge in [-0.3, -0.25) is 4.79 Å². The zero-order valence-corrected chi connectivity index (χ0v) is 15.4. The second-order valence-corrected chi connectivity index (χ2v) is 5.57. The highest BCUT2D eigenvalue weighted by Gasteiger charge is 2.15. The van der Waals surface area contributed by atoms with Gasteiger partial charge in [0.15, 0.2) is 0 Å². The molecule has 0 radical (unpaired) electrons. The van der Waals surface area contributed by atoms with Crippen molar-refractivity contribution in [3.05, 3.63) is 54.1 Å². The summed E-state index contributed by atoms with van der Waals surface area (Å²) in [5.74, 6) is 1.39. The van der Waals surface area contributed by atoms with E-state index in [4.69, 9.17) is 9.47 Å². The van der Waals surface area contributed by atoms with Crippen LogP contribution in [0, 0.1) is 0 Å². The van der Waals surface area contributed by atoms with Crippen molar-refractivity contribution >= 4 is 17.8 Å². The summed E-state index contributed by atoms with van der Waals surface area (Å²) in [5.41, 5.74) is 4.31. The third-order valence-electron chi connectivity index (χ3n) is 3.74. The minimum absolute atomic E-state index is 0.189. The number of methoxy groups -OCH3 is 1. The van der Waals surface area contributed by atoms with Crippen molar-refractivity contribution in [3.8, 4) is 11.5 Å². The monoisotopic (exact) mass is 355 g/mol. The number of benzene rings is 2. The van der Waals surface area contributed by atoms with E-state index < -0.39 is 0 Å². The Balaban J connectivity index is 1.89. The molecule has 0 saturated carbocycles. The Kier molecular flexibility index (Phi) is 7.49. The first kappa shape index (κ1) is 19.3. The average Bonchev–Trinajstić information content (AvgIpc) is 2.68. The smallest absolute Gasteiger partial charge is 0.262 e. The van der Waals surface area contributed by atoms with E-state index >= 15 is 0 Å². The van der Waals surface area contributed by atoms with Gasteiger partial charge in [-0.05, 0) is 67.4 Å². The largest absolute Gasteiger partial charge is 0.497 e. The predicted molar refractivity (Wildman–Crippen MR) is 104 cm³/mol. The number of anilines is 1. The van der Waals surface area contributed by atoms with Gasteiger partial charge in [-0.25, -0.2) is 5.43 Å². The molecule has 2 rings (SSSR count). The van der Waals surface area contributed by atoms with Gasteiger partial charge in [0.1, 0.15) is 17.5 Å². The van der Waals surface area contributed by atoms with E-state index in [1.54, 1.807) is 13.3 Å². The van der Waals surface area contributed by atoms with Crippen LogP contribution in [0.25, 0.3) is 0 Å². The first-order valence-electron chi connectivity index (χ1n) is 8.62. The molecular formula is C20H25N3O3. The van der Waals surface area contributed by atoms with Crippen LogP contribution in [-0.2, 0) is 4.79 Å². The summed E-state index contributed by atoms with van der Waals surface area (Å²) in [5, 5.41) is 7.22. The standard InChI is InChI=1S/C20H25N3O3/c1-4-19(22-16-8-12-17(25-3)13-9-16)20(24)23-21-14-15-6-10-18(11-7-15)26-5-2/h6-14,19,22H,4-5H2,1-3H3,(H,23,24). The molecule has 2 aromatic rings. The van der Waals surface area contributed by atoms with Crippen molar-refractivity contribution in [2.24, 2.45) is 5.10 Å². The van der Waals surface area contributed by atoms with Crippen LogP contribution in [0.5, 0.6) is 11.5 Å². The van der Waals surface area contributed by atoms with Gasteiger partial charge in [-0.2, -0.15) is 5.10 Å². The molecule has 6 nitrogen and oxygen atoms in total. The molecule has 0 spiro atoms. The van der Waals surface area contributed by atoms with E-state index in [9.17, 15) is 4.79 Å². The van der Waals surface area contributed by atoms with E-state index in [2.05, 4.69) is 15.8 Å². The molecule has 26 heavy (non-hydrogen) atoms. The Morgan fingerprint density at radius 2 is 1.73 bits per heavy atom. The molecule has 0 bridgehead atoms. The molecule has 6 heteroatoms. The van der Waals surface area contributed by atoms with Crippen LogP contribution < -0.4 is 20.2 Å². The second kappa shape index (κ2) is 10.1. The number of nitrogens with zero attached hydrogens (tertiary/aromatic N) is 1. The number of ether oxygens (including phenoxy) is 2. The lowest BCUT2D eigenvalue weighted by atomic mass is 10.2. The maximum absolute atomic E-state index is 12.3. The molecule has 0 aliphatic rings. The maximum Gasteiger partial charge on any atom is 0.262 e. The first-order valence-corrected chi connectivity index (χ1v) is 8.62. The first-order chi connectivity index (χ1) is 12.7. The Morgan fingerprint density at radius 1 is 1.08 bits per heavy atom. The Labute approximate surface area is 154 Å². The Morgan fingerprint density at radius 3 is 2.31 bits per heavy atom. The number of hydrazone groups is 1. The van der Waals surface area contributed by atoms with Gasteiger partial charge in [0.05, 0.1) is 19.9 Å². The number of rotatable bonds is 9. The van der Waals surface area contributed by atoms with Gasteiger partial charge in [-0.15, -0.1) is 0 Å². The van der Waals surface area contributed by atoms with Crippen LogP contribution in [0.1, 0.15) is 25.8 Å². The van der Waals surface area contributed by atoms with Crippen LogP contribution in [-0.4, -0.2) is 31.9 Å². The van der Waals surface area contributed by atoms with Crippen molar-refractivity contribution in [3.63, 3.8) is 0 Å². The quantitative estimate of drug-likeness (QED) is 0.534. The molecule has 0 fully saturated rings. The normalized spacial score (nSPS) is 11.8. The van der Waals surface area contributed by atoms with Crippen LogP contribution in [0.3, 0.4) is 0 Å². The molecule has 0 aliphatic carbocycles. The van der Waals surface area contributed by atoms with Gasteiger partial charge in [0.25, 0.3) is 5.91 Å². The number of hydrogen-bond donors (Lipinski definition) is 2. The van der Waals surface area contributed by atoms with E-state index in [1.807, 2.05) is 62.4 Å². The van der Waals surface area contributed by atoms with Gasteiger partial charge < -0.3 is 14.8 Å². The van der Waals surface area contributed by atoms with Crippen molar-refractivity contribution < 1.29 is 14.3 Å². The summed E-state index contributed by atoms with van der Waals surface area (Å²) in [4.78, 5) is 12.3. The summed E-state index contributed by atoms with van der Waals surface area (Å²) in [7, 11) is 1.62. The fraction of sp³-hybridized carbons (Fsp3) is 0.300. The summed E-state index contributed by atoms with van der Waals surface area (Å²) in [6.07, 6.45) is 2.24. The summed E-state index contributed by atoms with van der Waals surface area (Å²) >= 11 is 0. The molecule has 1 amide bonds. The number of nitrogens with one attached hydrogen (secondary N) is 2. The van der Waals surface area contributed by atoms with E-state index in [0.29, 0.717) is 13.0 Å². The SMILES string of the molecule is CCOc1ccc(C=NNC(=O)C(CC)Nc2ccc(OC)cc2)cc1. The highest BCUT2D eigenvalue weighted by atomic mass is 16.5. The lowest BCUT2D eigenvalue weighted by molar-refractivity contribution is -0.121. The van der Waals surface area contributed by atoms with Gasteiger partial charge in [0.2, 0.25) is 0 Å². The molecule has 138 valence electrons. The molecule has 0 saturated heterocycles. The van der Waals surface area contributed by atoms with Crippen LogP contribution in [0.2, 0.25) is 0 Å². The highest BCUT2D eigenvalue weighted by molar-refractivity contribution is 5.86. The number of carbonyl (C=O) groups excluding carboxylic acids is 1. The Hall–Kier alpha value is -3.02. The van der Waals surface area contributed by atoms with Crippen molar-refractivity contribution in [2.45, 2.75) is 26.3 Å². The molecule has 1 unspecified atom stereocenters. The molecule has 1 atom stereocenters. The van der Waals surface area contributed by atoms with Crippen LogP contribution >= 0.6 is 0 Å². The Bertz CT molecular complexity index is 712. The minimum atomic E-state index is -0.374. The van der Waals surface area contributed by atoms with E-state index in [-0.39, 0.29) is 11.9 Å². The zero-order valence-electron chi connectivity index (χ0n) is 15.4. The maximum atomic E-state index is 12.3. The van der Waals surface area contributed by atoms with Gasteiger partial charge >= 0.3 is 0 Å². The molecule has 2 aromatic carbocycles. The molecule has 0 aliphatic heterocycles. The molecule has 2 N–H and O–H groups in total. The van der Waals surface area contributed by atoms with E-state index in [1.165, 1.54) is 0 Å².